The first kappa shape index (κ1) is 22.8. The van der Waals surface area contributed by atoms with Crippen LogP contribution in [0.1, 0.15) is 30.5 Å². The zero-order valence-corrected chi connectivity index (χ0v) is 21.7. The number of hydrogen-bond acceptors (Lipinski definition) is 2. The number of rotatable bonds is 2. The fraction of sp³-hybridized carbons (Fsp3) is 0.0857. The highest BCUT2D eigenvalue weighted by Gasteiger charge is 2.37. The van der Waals surface area contributed by atoms with Gasteiger partial charge in [0.2, 0.25) is 5.69 Å². The van der Waals surface area contributed by atoms with Gasteiger partial charge in [-0.05, 0) is 53.6 Å². The Kier molecular flexibility index (Phi) is 4.89. The lowest BCUT2D eigenvalue weighted by Gasteiger charge is -2.42. The highest BCUT2D eigenvalue weighted by Crippen LogP contribution is 2.53. The SMILES string of the molecule is [C-]#[N+]c1cccc(C#N)c1-n1c2ccccc2c2cc3c(cc21)C(C)(C)c1ccccc1N3c1ccccc1. The predicted molar refractivity (Wildman–Crippen MR) is 159 cm³/mol. The minimum atomic E-state index is -0.274. The van der Waals surface area contributed by atoms with Crippen molar-refractivity contribution >= 4 is 44.6 Å². The molecule has 184 valence electrons. The first-order chi connectivity index (χ1) is 19.0. The number of para-hydroxylation sites is 4. The molecule has 0 saturated heterocycles. The lowest BCUT2D eigenvalue weighted by molar-refractivity contribution is 0.632. The predicted octanol–water partition coefficient (Wildman–Crippen LogP) is 9.32. The van der Waals surface area contributed by atoms with E-state index in [-0.39, 0.29) is 5.41 Å². The smallest absolute Gasteiger partial charge is 0.211 e. The summed E-state index contributed by atoms with van der Waals surface area (Å²) in [5, 5.41) is 12.2. The summed E-state index contributed by atoms with van der Waals surface area (Å²) < 4.78 is 2.11. The molecule has 0 bridgehead atoms. The third-order valence-corrected chi connectivity index (χ3v) is 8.02. The van der Waals surface area contributed by atoms with Crippen molar-refractivity contribution in [3.05, 3.63) is 137 Å². The van der Waals surface area contributed by atoms with Crippen LogP contribution in [0.25, 0.3) is 32.3 Å². The summed E-state index contributed by atoms with van der Waals surface area (Å²) in [4.78, 5) is 6.17. The summed E-state index contributed by atoms with van der Waals surface area (Å²) in [5.41, 5.74) is 9.14. The molecule has 0 spiro atoms. The van der Waals surface area contributed by atoms with Gasteiger partial charge >= 0.3 is 0 Å². The number of benzene rings is 5. The van der Waals surface area contributed by atoms with E-state index in [0.29, 0.717) is 16.9 Å². The van der Waals surface area contributed by atoms with Crippen LogP contribution in [0.5, 0.6) is 0 Å². The van der Waals surface area contributed by atoms with Gasteiger partial charge in [0.05, 0.1) is 46.3 Å². The van der Waals surface area contributed by atoms with Gasteiger partial charge in [0, 0.05) is 21.9 Å². The quantitative estimate of drug-likeness (QED) is 0.222. The maximum atomic E-state index is 10.1. The number of hydrogen-bond donors (Lipinski definition) is 0. The Balaban J connectivity index is 1.65. The van der Waals surface area contributed by atoms with Crippen molar-refractivity contribution in [2.45, 2.75) is 19.3 Å². The normalized spacial score (nSPS) is 13.5. The molecule has 6 aromatic rings. The highest BCUT2D eigenvalue weighted by atomic mass is 15.2. The van der Waals surface area contributed by atoms with E-state index in [1.54, 1.807) is 18.2 Å². The Hall–Kier alpha value is -5.32. The maximum Gasteiger partial charge on any atom is 0.211 e. The molecule has 7 rings (SSSR count). The summed E-state index contributed by atoms with van der Waals surface area (Å²) in [6.07, 6.45) is 0. The molecule has 1 aliphatic heterocycles. The van der Waals surface area contributed by atoms with E-state index in [2.05, 4.69) is 107 Å². The summed E-state index contributed by atoms with van der Waals surface area (Å²) in [6, 6.07) is 39.7. The number of fused-ring (bicyclic) bond motifs is 5. The van der Waals surface area contributed by atoms with Crippen LogP contribution in [-0.2, 0) is 5.41 Å². The van der Waals surface area contributed by atoms with Crippen molar-refractivity contribution in [1.82, 2.24) is 4.57 Å². The second kappa shape index (κ2) is 8.35. The van der Waals surface area contributed by atoms with Crippen LogP contribution in [0.2, 0.25) is 0 Å². The van der Waals surface area contributed by atoms with Gasteiger partial charge in [0.25, 0.3) is 0 Å². The van der Waals surface area contributed by atoms with Crippen molar-refractivity contribution in [2.24, 2.45) is 0 Å². The van der Waals surface area contributed by atoms with Crippen molar-refractivity contribution in [3.8, 4) is 11.8 Å². The number of aromatic nitrogens is 1. The maximum absolute atomic E-state index is 10.1. The zero-order chi connectivity index (χ0) is 26.7. The largest absolute Gasteiger partial charge is 0.318 e. The van der Waals surface area contributed by atoms with Crippen molar-refractivity contribution in [1.29, 1.82) is 5.26 Å². The average molecular weight is 501 g/mol. The Morgan fingerprint density at radius 2 is 1.46 bits per heavy atom. The minimum Gasteiger partial charge on any atom is -0.318 e. The summed E-state index contributed by atoms with van der Waals surface area (Å²) in [5.74, 6) is 0. The number of nitriles is 1. The van der Waals surface area contributed by atoms with Crippen LogP contribution in [-0.4, -0.2) is 4.57 Å². The Bertz CT molecular complexity index is 1980. The van der Waals surface area contributed by atoms with Gasteiger partial charge in [-0.2, -0.15) is 5.26 Å². The molecule has 5 aromatic carbocycles. The molecule has 1 aliphatic rings. The average Bonchev–Trinajstić information content (AvgIpc) is 3.30. The van der Waals surface area contributed by atoms with E-state index in [9.17, 15) is 5.26 Å². The van der Waals surface area contributed by atoms with Gasteiger partial charge in [-0.25, -0.2) is 4.85 Å². The standard InChI is InChI=1S/C35H24N4/c1-35(2)27-16-8-10-19-31(27)38(24-13-5-4-6-14-24)33-20-26-25-15-7-9-18-30(25)39(32(26)21-28(33)35)34-23(22-36)12-11-17-29(34)37-3/h4-21H,1-2H3. The van der Waals surface area contributed by atoms with Gasteiger partial charge < -0.3 is 9.47 Å². The van der Waals surface area contributed by atoms with Crippen molar-refractivity contribution in [2.75, 3.05) is 4.90 Å². The van der Waals surface area contributed by atoms with Crippen LogP contribution in [0, 0.1) is 17.9 Å². The number of anilines is 3. The summed E-state index contributed by atoms with van der Waals surface area (Å²) >= 11 is 0. The van der Waals surface area contributed by atoms with Crippen LogP contribution in [0.4, 0.5) is 22.7 Å². The van der Waals surface area contributed by atoms with Crippen LogP contribution in [0.3, 0.4) is 0 Å². The molecule has 0 fully saturated rings. The molecule has 1 aromatic heterocycles. The molecule has 0 amide bonds. The van der Waals surface area contributed by atoms with E-state index in [1.165, 1.54) is 16.8 Å². The molecule has 4 heteroatoms. The van der Waals surface area contributed by atoms with Gasteiger partial charge in [-0.15, -0.1) is 0 Å². The highest BCUT2D eigenvalue weighted by molar-refractivity contribution is 6.12. The summed E-state index contributed by atoms with van der Waals surface area (Å²) in [6.45, 7) is 12.4. The van der Waals surface area contributed by atoms with Gasteiger partial charge in [0.1, 0.15) is 0 Å². The van der Waals surface area contributed by atoms with Gasteiger partial charge in [-0.1, -0.05) is 80.6 Å². The van der Waals surface area contributed by atoms with Crippen LogP contribution < -0.4 is 4.90 Å². The third kappa shape index (κ3) is 3.16. The lowest BCUT2D eigenvalue weighted by atomic mass is 9.73. The Morgan fingerprint density at radius 1 is 0.718 bits per heavy atom. The fourth-order valence-electron chi connectivity index (χ4n) is 6.20. The zero-order valence-electron chi connectivity index (χ0n) is 21.7. The van der Waals surface area contributed by atoms with Gasteiger partial charge in [-0.3, -0.25) is 0 Å². The molecule has 0 atom stereocenters. The second-order valence-corrected chi connectivity index (χ2v) is 10.4. The molecule has 0 radical (unpaired) electrons. The first-order valence-corrected chi connectivity index (χ1v) is 13.0. The van der Waals surface area contributed by atoms with E-state index >= 15 is 0 Å². The van der Waals surface area contributed by atoms with Crippen LogP contribution in [0.15, 0.2) is 109 Å². The molecular formula is C35H24N4. The monoisotopic (exact) mass is 500 g/mol. The van der Waals surface area contributed by atoms with E-state index < -0.39 is 0 Å². The van der Waals surface area contributed by atoms with E-state index in [0.717, 1.165) is 33.2 Å². The fourth-order valence-corrected chi connectivity index (χ4v) is 6.20. The van der Waals surface area contributed by atoms with Crippen LogP contribution >= 0.6 is 0 Å². The topological polar surface area (TPSA) is 36.3 Å². The minimum absolute atomic E-state index is 0.274. The third-order valence-electron chi connectivity index (χ3n) is 8.02. The van der Waals surface area contributed by atoms with Crippen molar-refractivity contribution < 1.29 is 0 Å². The molecular weight excluding hydrogens is 476 g/mol. The van der Waals surface area contributed by atoms with Crippen molar-refractivity contribution in [3.63, 3.8) is 0 Å². The van der Waals surface area contributed by atoms with Gasteiger partial charge in [0.15, 0.2) is 0 Å². The molecule has 39 heavy (non-hydrogen) atoms. The molecule has 0 N–H and O–H groups in total. The first-order valence-electron chi connectivity index (χ1n) is 13.0. The lowest BCUT2D eigenvalue weighted by Crippen LogP contribution is -2.30. The molecule has 0 aliphatic carbocycles. The molecule has 4 nitrogen and oxygen atoms in total. The Morgan fingerprint density at radius 3 is 2.26 bits per heavy atom. The van der Waals surface area contributed by atoms with E-state index in [4.69, 9.17) is 6.57 Å². The number of nitrogens with zero attached hydrogens (tertiary/aromatic N) is 4. The molecule has 0 saturated carbocycles. The second-order valence-electron chi connectivity index (χ2n) is 10.4. The van der Waals surface area contributed by atoms with E-state index in [1.807, 2.05) is 18.2 Å². The molecule has 0 unspecified atom stereocenters. The molecule has 2 heterocycles. The summed E-state index contributed by atoms with van der Waals surface area (Å²) in [7, 11) is 0. The Labute approximate surface area is 227 Å².